The van der Waals surface area contributed by atoms with Gasteiger partial charge in [0.15, 0.2) is 0 Å². The summed E-state index contributed by atoms with van der Waals surface area (Å²) in [7, 11) is 1.89. The molecule has 4 aromatic rings. The Balaban J connectivity index is 1.55. The van der Waals surface area contributed by atoms with E-state index >= 15 is 0 Å². The van der Waals surface area contributed by atoms with Gasteiger partial charge in [0.05, 0.1) is 27.8 Å². The number of halogens is 1. The second kappa shape index (κ2) is 7.61. The van der Waals surface area contributed by atoms with Gasteiger partial charge in [-0.05, 0) is 30.5 Å². The van der Waals surface area contributed by atoms with Crippen LogP contribution in [0.25, 0.3) is 21.8 Å². The second-order valence-electron chi connectivity index (χ2n) is 6.25. The van der Waals surface area contributed by atoms with Crippen LogP contribution in [0.4, 0.5) is 0 Å². The SMILES string of the molecule is Cc1onc(-c2ccccc2Cl)c1C(=O)NCc1cc(-c2cccs2)n(C)n1. The largest absolute Gasteiger partial charge is 0.360 e. The number of rotatable bonds is 5. The Hall–Kier alpha value is -2.90. The van der Waals surface area contributed by atoms with E-state index in [9.17, 15) is 4.79 Å². The molecule has 3 heterocycles. The van der Waals surface area contributed by atoms with E-state index in [4.69, 9.17) is 16.1 Å². The first-order valence-corrected chi connectivity index (χ1v) is 9.86. The first-order chi connectivity index (χ1) is 13.5. The number of hydrogen-bond acceptors (Lipinski definition) is 5. The summed E-state index contributed by atoms with van der Waals surface area (Å²) in [5.74, 6) is 0.157. The van der Waals surface area contributed by atoms with Gasteiger partial charge in [0.2, 0.25) is 0 Å². The molecule has 0 atom stereocenters. The maximum atomic E-state index is 12.8. The zero-order valence-corrected chi connectivity index (χ0v) is 16.8. The van der Waals surface area contributed by atoms with Gasteiger partial charge in [-0.15, -0.1) is 11.3 Å². The highest BCUT2D eigenvalue weighted by Gasteiger charge is 2.23. The van der Waals surface area contributed by atoms with Gasteiger partial charge in [-0.3, -0.25) is 9.48 Å². The lowest BCUT2D eigenvalue weighted by Crippen LogP contribution is -2.24. The quantitative estimate of drug-likeness (QED) is 0.515. The maximum absolute atomic E-state index is 12.8. The molecule has 4 rings (SSSR count). The lowest BCUT2D eigenvalue weighted by Gasteiger charge is -2.05. The van der Waals surface area contributed by atoms with Crippen molar-refractivity contribution in [1.82, 2.24) is 20.3 Å². The Morgan fingerprint density at radius 1 is 1.29 bits per heavy atom. The molecule has 1 amide bonds. The molecular formula is C20H17ClN4O2S. The Bertz CT molecular complexity index is 1130. The fourth-order valence-corrected chi connectivity index (χ4v) is 4.00. The zero-order valence-electron chi connectivity index (χ0n) is 15.3. The van der Waals surface area contributed by atoms with Crippen LogP contribution < -0.4 is 5.32 Å². The predicted octanol–water partition coefficient (Wildman–Crippen LogP) is 4.70. The van der Waals surface area contributed by atoms with Crippen molar-refractivity contribution in [2.24, 2.45) is 7.05 Å². The third kappa shape index (κ3) is 3.46. The molecule has 0 aliphatic carbocycles. The number of amides is 1. The maximum Gasteiger partial charge on any atom is 0.257 e. The number of nitrogens with zero attached hydrogens (tertiary/aromatic N) is 3. The summed E-state index contributed by atoms with van der Waals surface area (Å²) in [5.41, 5.74) is 3.25. The molecule has 0 saturated heterocycles. The Morgan fingerprint density at radius 3 is 2.86 bits per heavy atom. The second-order valence-corrected chi connectivity index (χ2v) is 7.60. The van der Waals surface area contributed by atoms with Crippen LogP contribution in [0.15, 0.2) is 52.4 Å². The fourth-order valence-electron chi connectivity index (χ4n) is 3.00. The fraction of sp³-hybridized carbons (Fsp3) is 0.150. The number of benzene rings is 1. The summed E-state index contributed by atoms with van der Waals surface area (Å²) in [6, 6.07) is 13.2. The normalized spacial score (nSPS) is 11.0. The van der Waals surface area contributed by atoms with Crippen molar-refractivity contribution in [2.75, 3.05) is 0 Å². The Kier molecular flexibility index (Phi) is 5.02. The summed E-state index contributed by atoms with van der Waals surface area (Å²) >= 11 is 7.91. The van der Waals surface area contributed by atoms with Crippen LogP contribution >= 0.6 is 22.9 Å². The Morgan fingerprint density at radius 2 is 2.11 bits per heavy atom. The van der Waals surface area contributed by atoms with Crippen molar-refractivity contribution in [1.29, 1.82) is 0 Å². The molecule has 142 valence electrons. The third-order valence-electron chi connectivity index (χ3n) is 4.35. The van der Waals surface area contributed by atoms with E-state index in [0.29, 0.717) is 34.1 Å². The van der Waals surface area contributed by atoms with Crippen LogP contribution in [0.3, 0.4) is 0 Å². The summed E-state index contributed by atoms with van der Waals surface area (Å²) in [4.78, 5) is 14.0. The smallest absolute Gasteiger partial charge is 0.257 e. The van der Waals surface area contributed by atoms with Crippen molar-refractivity contribution in [2.45, 2.75) is 13.5 Å². The Labute approximate surface area is 170 Å². The zero-order chi connectivity index (χ0) is 19.7. The molecule has 8 heteroatoms. The highest BCUT2D eigenvalue weighted by atomic mass is 35.5. The van der Waals surface area contributed by atoms with Crippen LogP contribution in [0.1, 0.15) is 21.8 Å². The van der Waals surface area contributed by atoms with E-state index in [1.165, 1.54) is 0 Å². The minimum atomic E-state index is -0.281. The van der Waals surface area contributed by atoms with E-state index in [1.807, 2.05) is 53.5 Å². The molecule has 0 fully saturated rings. The van der Waals surface area contributed by atoms with Crippen LogP contribution in [0.5, 0.6) is 0 Å². The molecule has 0 bridgehead atoms. The van der Waals surface area contributed by atoms with E-state index in [0.717, 1.165) is 16.3 Å². The summed E-state index contributed by atoms with van der Waals surface area (Å²) in [6.45, 7) is 2.00. The molecule has 0 aliphatic rings. The van der Waals surface area contributed by atoms with Gasteiger partial charge in [0, 0.05) is 12.6 Å². The number of aromatic nitrogens is 3. The summed E-state index contributed by atoms with van der Waals surface area (Å²) in [5, 5.41) is 14.0. The van der Waals surface area contributed by atoms with Gasteiger partial charge >= 0.3 is 0 Å². The van der Waals surface area contributed by atoms with Crippen LogP contribution in [0.2, 0.25) is 5.02 Å². The van der Waals surface area contributed by atoms with Gasteiger partial charge < -0.3 is 9.84 Å². The monoisotopic (exact) mass is 412 g/mol. The number of carbonyl (C=O) groups is 1. The highest BCUT2D eigenvalue weighted by molar-refractivity contribution is 7.13. The number of nitrogens with one attached hydrogen (secondary N) is 1. The molecule has 0 spiro atoms. The van der Waals surface area contributed by atoms with Crippen molar-refractivity contribution in [3.8, 4) is 21.8 Å². The van der Waals surface area contributed by atoms with E-state index in [1.54, 1.807) is 24.3 Å². The van der Waals surface area contributed by atoms with E-state index in [2.05, 4.69) is 15.6 Å². The van der Waals surface area contributed by atoms with Gasteiger partial charge in [-0.1, -0.05) is 41.0 Å². The molecule has 1 aromatic carbocycles. The van der Waals surface area contributed by atoms with Crippen molar-refractivity contribution in [3.63, 3.8) is 0 Å². The topological polar surface area (TPSA) is 73.0 Å². The number of thiophene rings is 1. The van der Waals surface area contributed by atoms with Crippen LogP contribution in [-0.4, -0.2) is 20.8 Å². The van der Waals surface area contributed by atoms with Gasteiger partial charge in [0.1, 0.15) is 17.0 Å². The molecular weight excluding hydrogens is 396 g/mol. The van der Waals surface area contributed by atoms with Crippen LogP contribution in [-0.2, 0) is 13.6 Å². The molecule has 0 radical (unpaired) electrons. The van der Waals surface area contributed by atoms with Crippen molar-refractivity contribution < 1.29 is 9.32 Å². The summed E-state index contributed by atoms with van der Waals surface area (Å²) < 4.78 is 7.08. The van der Waals surface area contributed by atoms with Crippen LogP contribution in [0, 0.1) is 6.92 Å². The highest BCUT2D eigenvalue weighted by Crippen LogP contribution is 2.31. The molecule has 28 heavy (non-hydrogen) atoms. The van der Waals surface area contributed by atoms with Crippen molar-refractivity contribution in [3.05, 3.63) is 69.9 Å². The third-order valence-corrected chi connectivity index (χ3v) is 5.57. The first kappa shape index (κ1) is 18.5. The molecule has 0 aliphatic heterocycles. The average molecular weight is 413 g/mol. The number of hydrogen-bond donors (Lipinski definition) is 1. The predicted molar refractivity (Wildman–Crippen MR) is 109 cm³/mol. The lowest BCUT2D eigenvalue weighted by molar-refractivity contribution is 0.0949. The van der Waals surface area contributed by atoms with Gasteiger partial charge in [-0.25, -0.2) is 0 Å². The molecule has 0 saturated carbocycles. The summed E-state index contributed by atoms with van der Waals surface area (Å²) in [6.07, 6.45) is 0. The molecule has 3 aromatic heterocycles. The number of carbonyl (C=O) groups excluding carboxylic acids is 1. The molecule has 0 unspecified atom stereocenters. The van der Waals surface area contributed by atoms with E-state index < -0.39 is 0 Å². The average Bonchev–Trinajstić information content (AvgIpc) is 3.40. The van der Waals surface area contributed by atoms with Gasteiger partial charge in [0.25, 0.3) is 5.91 Å². The minimum absolute atomic E-state index is 0.281. The minimum Gasteiger partial charge on any atom is -0.360 e. The number of aryl methyl sites for hydroxylation is 2. The van der Waals surface area contributed by atoms with Gasteiger partial charge in [-0.2, -0.15) is 5.10 Å². The molecule has 1 N–H and O–H groups in total. The molecule has 6 nitrogen and oxygen atoms in total. The lowest BCUT2D eigenvalue weighted by atomic mass is 10.1. The first-order valence-electron chi connectivity index (χ1n) is 8.60. The van der Waals surface area contributed by atoms with E-state index in [-0.39, 0.29) is 5.91 Å². The standard InChI is InChI=1S/C20H17ClN4O2S/c1-12-18(19(24-27-12)14-6-3-4-7-15(14)21)20(26)22-11-13-10-16(25(2)23-13)17-8-5-9-28-17/h3-10H,11H2,1-2H3,(H,22,26). The van der Waals surface area contributed by atoms with Crippen molar-refractivity contribution >= 4 is 28.8 Å².